The molecule has 21 heavy (non-hydrogen) atoms. The second kappa shape index (κ2) is 7.10. The van der Waals surface area contributed by atoms with E-state index in [2.05, 4.69) is 44.8 Å². The summed E-state index contributed by atoms with van der Waals surface area (Å²) in [7, 11) is 0. The zero-order valence-electron chi connectivity index (χ0n) is 14.3. The Labute approximate surface area is 134 Å². The number of aryl methyl sites for hydroxylation is 1. The van der Waals surface area contributed by atoms with Crippen LogP contribution in [0.4, 0.5) is 5.13 Å². The van der Waals surface area contributed by atoms with E-state index < -0.39 is 0 Å². The standard InChI is InChI=1S/C17H31N3S/c1-6-14-15(11-18-17(3,4)5)21-16(19-14)20(7-2)12-13-9-8-10-13/h13,18H,6-12H2,1-5H3. The first kappa shape index (κ1) is 16.8. The van der Waals surface area contributed by atoms with Crippen molar-refractivity contribution in [3.63, 3.8) is 0 Å². The number of rotatable bonds is 7. The first-order valence-corrected chi connectivity index (χ1v) is 9.23. The Morgan fingerprint density at radius 1 is 1.29 bits per heavy atom. The lowest BCUT2D eigenvalue weighted by molar-refractivity contribution is 0.318. The summed E-state index contributed by atoms with van der Waals surface area (Å²) in [6.07, 6.45) is 5.25. The molecule has 1 aliphatic rings. The maximum atomic E-state index is 4.92. The number of thiazole rings is 1. The largest absolute Gasteiger partial charge is 0.348 e. The second-order valence-corrected chi connectivity index (χ2v) is 8.22. The van der Waals surface area contributed by atoms with Gasteiger partial charge >= 0.3 is 0 Å². The highest BCUT2D eigenvalue weighted by molar-refractivity contribution is 7.15. The van der Waals surface area contributed by atoms with E-state index in [1.807, 2.05) is 11.3 Å². The molecule has 1 N–H and O–H groups in total. The van der Waals surface area contributed by atoms with Crippen LogP contribution in [0.2, 0.25) is 0 Å². The lowest BCUT2D eigenvalue weighted by Gasteiger charge is -2.31. The van der Waals surface area contributed by atoms with Gasteiger partial charge in [0.2, 0.25) is 0 Å². The van der Waals surface area contributed by atoms with Crippen molar-refractivity contribution >= 4 is 16.5 Å². The van der Waals surface area contributed by atoms with Gasteiger partial charge in [0.05, 0.1) is 5.69 Å². The average molecular weight is 310 g/mol. The number of nitrogens with zero attached hydrogens (tertiary/aromatic N) is 2. The summed E-state index contributed by atoms with van der Waals surface area (Å²) in [4.78, 5) is 8.81. The molecule has 0 spiro atoms. The lowest BCUT2D eigenvalue weighted by atomic mass is 9.85. The summed E-state index contributed by atoms with van der Waals surface area (Å²) in [6, 6.07) is 0. The molecule has 1 aliphatic carbocycles. The zero-order valence-corrected chi connectivity index (χ0v) is 15.1. The van der Waals surface area contributed by atoms with Gasteiger partial charge in [-0.1, -0.05) is 13.3 Å². The van der Waals surface area contributed by atoms with Gasteiger partial charge in [-0.3, -0.25) is 0 Å². The summed E-state index contributed by atoms with van der Waals surface area (Å²) in [5.41, 5.74) is 1.43. The number of hydrogen-bond acceptors (Lipinski definition) is 4. The smallest absolute Gasteiger partial charge is 0.185 e. The van der Waals surface area contributed by atoms with Gasteiger partial charge in [0, 0.05) is 30.1 Å². The Kier molecular flexibility index (Phi) is 5.67. The monoisotopic (exact) mass is 309 g/mol. The van der Waals surface area contributed by atoms with Gasteiger partial charge in [-0.2, -0.15) is 0 Å². The van der Waals surface area contributed by atoms with E-state index in [4.69, 9.17) is 4.98 Å². The third kappa shape index (κ3) is 4.68. The van der Waals surface area contributed by atoms with Crippen LogP contribution in [0.3, 0.4) is 0 Å². The van der Waals surface area contributed by atoms with Crippen LogP contribution >= 0.6 is 11.3 Å². The van der Waals surface area contributed by atoms with Gasteiger partial charge in [-0.15, -0.1) is 11.3 Å². The summed E-state index contributed by atoms with van der Waals surface area (Å²) >= 11 is 1.89. The minimum atomic E-state index is 0.158. The molecule has 120 valence electrons. The van der Waals surface area contributed by atoms with Crippen molar-refractivity contribution in [2.45, 2.75) is 72.4 Å². The van der Waals surface area contributed by atoms with E-state index >= 15 is 0 Å². The molecule has 0 unspecified atom stereocenters. The minimum Gasteiger partial charge on any atom is -0.348 e. The van der Waals surface area contributed by atoms with Crippen LogP contribution in [-0.4, -0.2) is 23.6 Å². The van der Waals surface area contributed by atoms with Crippen molar-refractivity contribution in [2.75, 3.05) is 18.0 Å². The van der Waals surface area contributed by atoms with Crippen molar-refractivity contribution in [3.8, 4) is 0 Å². The molecule has 0 aliphatic heterocycles. The molecular weight excluding hydrogens is 278 g/mol. The molecule has 0 saturated heterocycles. The molecule has 3 nitrogen and oxygen atoms in total. The predicted molar refractivity (Wildman–Crippen MR) is 93.3 cm³/mol. The van der Waals surface area contributed by atoms with Crippen LogP contribution in [0.1, 0.15) is 64.5 Å². The summed E-state index contributed by atoms with van der Waals surface area (Å²) in [6.45, 7) is 14.3. The van der Waals surface area contributed by atoms with Gasteiger partial charge in [-0.05, 0) is 52.9 Å². The number of aromatic nitrogens is 1. The fourth-order valence-electron chi connectivity index (χ4n) is 2.59. The highest BCUT2D eigenvalue weighted by atomic mass is 32.1. The zero-order chi connectivity index (χ0) is 15.5. The van der Waals surface area contributed by atoms with Crippen molar-refractivity contribution in [1.82, 2.24) is 10.3 Å². The third-order valence-electron chi connectivity index (χ3n) is 4.24. The topological polar surface area (TPSA) is 28.2 Å². The van der Waals surface area contributed by atoms with Crippen molar-refractivity contribution in [3.05, 3.63) is 10.6 Å². The molecule has 0 atom stereocenters. The molecule has 1 heterocycles. The second-order valence-electron chi connectivity index (χ2n) is 7.16. The number of anilines is 1. The van der Waals surface area contributed by atoms with Gasteiger partial charge < -0.3 is 10.2 Å². The van der Waals surface area contributed by atoms with Crippen molar-refractivity contribution in [2.24, 2.45) is 5.92 Å². The molecular formula is C17H31N3S. The fourth-order valence-corrected chi connectivity index (χ4v) is 3.76. The third-order valence-corrected chi connectivity index (χ3v) is 5.40. The van der Waals surface area contributed by atoms with Crippen molar-refractivity contribution in [1.29, 1.82) is 0 Å². The number of nitrogens with one attached hydrogen (secondary N) is 1. The Morgan fingerprint density at radius 2 is 2.00 bits per heavy atom. The van der Waals surface area contributed by atoms with Crippen LogP contribution in [0, 0.1) is 5.92 Å². The molecule has 4 heteroatoms. The van der Waals surface area contributed by atoms with Crippen LogP contribution in [-0.2, 0) is 13.0 Å². The van der Waals surface area contributed by atoms with Gasteiger partial charge in [-0.25, -0.2) is 4.98 Å². The Hall–Kier alpha value is -0.610. The van der Waals surface area contributed by atoms with E-state index in [-0.39, 0.29) is 5.54 Å². The lowest BCUT2D eigenvalue weighted by Crippen LogP contribution is -2.35. The molecule has 0 aromatic carbocycles. The predicted octanol–water partition coefficient (Wildman–Crippen LogP) is 4.22. The van der Waals surface area contributed by atoms with Crippen LogP contribution < -0.4 is 10.2 Å². The highest BCUT2D eigenvalue weighted by Crippen LogP contribution is 2.32. The fraction of sp³-hybridized carbons (Fsp3) is 0.824. The van der Waals surface area contributed by atoms with E-state index in [0.717, 1.165) is 25.4 Å². The van der Waals surface area contributed by atoms with E-state index in [1.165, 1.54) is 41.5 Å². The molecule has 0 bridgehead atoms. The normalized spacial score (nSPS) is 16.0. The Balaban J connectivity index is 2.06. The summed E-state index contributed by atoms with van der Waals surface area (Å²) < 4.78 is 0. The molecule has 1 saturated carbocycles. The molecule has 0 radical (unpaired) electrons. The first-order valence-electron chi connectivity index (χ1n) is 8.41. The average Bonchev–Trinajstić information content (AvgIpc) is 2.77. The van der Waals surface area contributed by atoms with Gasteiger partial charge in [0.15, 0.2) is 5.13 Å². The van der Waals surface area contributed by atoms with E-state index in [1.54, 1.807) is 0 Å². The van der Waals surface area contributed by atoms with Crippen LogP contribution in [0.25, 0.3) is 0 Å². The van der Waals surface area contributed by atoms with Crippen molar-refractivity contribution < 1.29 is 0 Å². The van der Waals surface area contributed by atoms with Crippen LogP contribution in [0.5, 0.6) is 0 Å². The molecule has 2 rings (SSSR count). The minimum absolute atomic E-state index is 0.158. The van der Waals surface area contributed by atoms with Crippen LogP contribution in [0.15, 0.2) is 0 Å². The summed E-state index contributed by atoms with van der Waals surface area (Å²) in [5.74, 6) is 0.898. The molecule has 0 amide bonds. The van der Waals surface area contributed by atoms with Gasteiger partial charge in [0.1, 0.15) is 0 Å². The van der Waals surface area contributed by atoms with Gasteiger partial charge in [0.25, 0.3) is 0 Å². The molecule has 1 aromatic heterocycles. The highest BCUT2D eigenvalue weighted by Gasteiger charge is 2.23. The summed E-state index contributed by atoms with van der Waals surface area (Å²) in [5, 5.41) is 4.83. The Bertz CT molecular complexity index is 443. The van der Waals surface area contributed by atoms with E-state index in [9.17, 15) is 0 Å². The first-order chi connectivity index (χ1) is 9.93. The molecule has 1 aromatic rings. The maximum Gasteiger partial charge on any atom is 0.185 e. The Morgan fingerprint density at radius 3 is 2.48 bits per heavy atom. The molecule has 1 fully saturated rings. The maximum absolute atomic E-state index is 4.92. The van der Waals surface area contributed by atoms with E-state index in [0.29, 0.717) is 0 Å². The number of hydrogen-bond donors (Lipinski definition) is 1. The quantitative estimate of drug-likeness (QED) is 0.817. The SMILES string of the molecule is CCc1nc(N(CC)CC2CCC2)sc1CNC(C)(C)C.